The maximum absolute atomic E-state index is 3.77. The van der Waals surface area contributed by atoms with Gasteiger partial charge in [-0.3, -0.25) is 0 Å². The molecule has 0 spiro atoms. The summed E-state index contributed by atoms with van der Waals surface area (Å²) in [5.41, 5.74) is 4.25. The predicted octanol–water partition coefficient (Wildman–Crippen LogP) is 3.80. The molecule has 0 aromatic carbocycles. The van der Waals surface area contributed by atoms with E-state index in [2.05, 4.69) is 38.5 Å². The van der Waals surface area contributed by atoms with E-state index in [-0.39, 0.29) is 0 Å². The van der Waals surface area contributed by atoms with E-state index < -0.39 is 0 Å². The number of likely N-dealkylation sites (N-methyl/N-ethyl adjacent to an activating group) is 1. The molecule has 1 heterocycles. The van der Waals surface area contributed by atoms with Gasteiger partial charge in [0.25, 0.3) is 0 Å². The fourth-order valence-electron chi connectivity index (χ4n) is 1.53. The van der Waals surface area contributed by atoms with Crippen LogP contribution >= 0.6 is 0 Å². The number of rotatable bonds is 2. The van der Waals surface area contributed by atoms with Gasteiger partial charge in [-0.25, -0.2) is 0 Å². The Bertz CT molecular complexity index is 259. The molecule has 0 saturated heterocycles. The van der Waals surface area contributed by atoms with Crippen molar-refractivity contribution in [1.29, 1.82) is 0 Å². The maximum atomic E-state index is 3.77. The largest absolute Gasteiger partial charge is 0.302 e. The molecule has 1 heteroatoms. The van der Waals surface area contributed by atoms with Crippen LogP contribution in [-0.2, 0) is 0 Å². The molecule has 15 heavy (non-hydrogen) atoms. The van der Waals surface area contributed by atoms with Gasteiger partial charge < -0.3 is 4.90 Å². The van der Waals surface area contributed by atoms with Crippen molar-refractivity contribution < 1.29 is 0 Å². The summed E-state index contributed by atoms with van der Waals surface area (Å²) in [6.07, 6.45) is 5.36. The summed E-state index contributed by atoms with van der Waals surface area (Å²) in [7, 11) is 2.17. The zero-order valence-electron chi connectivity index (χ0n) is 10.9. The van der Waals surface area contributed by atoms with Gasteiger partial charge in [0, 0.05) is 13.1 Å². The molecule has 86 valence electrons. The van der Waals surface area contributed by atoms with E-state index in [0.29, 0.717) is 0 Å². The van der Waals surface area contributed by atoms with Gasteiger partial charge in [0.15, 0.2) is 0 Å². The lowest BCUT2D eigenvalue weighted by atomic mass is 10.00. The molecule has 0 aromatic rings. The fraction of sp³-hybridized carbons (Fsp3) is 0.571. The lowest BCUT2D eigenvalue weighted by Gasteiger charge is -2.25. The van der Waals surface area contributed by atoms with Gasteiger partial charge in [-0.15, -0.1) is 0 Å². The van der Waals surface area contributed by atoms with E-state index >= 15 is 0 Å². The second-order valence-corrected chi connectivity index (χ2v) is 3.89. The van der Waals surface area contributed by atoms with Crippen LogP contribution in [0.15, 0.2) is 35.5 Å². The van der Waals surface area contributed by atoms with E-state index in [4.69, 9.17) is 0 Å². The summed E-state index contributed by atoms with van der Waals surface area (Å²) in [6.45, 7) is 14.4. The Morgan fingerprint density at radius 1 is 1.40 bits per heavy atom. The first kappa shape index (κ1) is 14.2. The van der Waals surface area contributed by atoms with Crippen molar-refractivity contribution in [2.75, 3.05) is 20.1 Å². The van der Waals surface area contributed by atoms with Gasteiger partial charge >= 0.3 is 0 Å². The number of hydrogen-bond acceptors (Lipinski definition) is 1. The van der Waals surface area contributed by atoms with Gasteiger partial charge in [-0.05, 0) is 32.9 Å². The van der Waals surface area contributed by atoms with Crippen molar-refractivity contribution in [3.63, 3.8) is 0 Å². The summed E-state index contributed by atoms with van der Waals surface area (Å²) in [6, 6.07) is 0. The predicted molar refractivity (Wildman–Crippen MR) is 70.1 cm³/mol. The maximum Gasteiger partial charge on any atom is 0.0230 e. The number of allylic oxidation sites excluding steroid dienone is 2. The minimum atomic E-state index is 1.08. The monoisotopic (exact) mass is 207 g/mol. The summed E-state index contributed by atoms with van der Waals surface area (Å²) < 4.78 is 0. The fourth-order valence-corrected chi connectivity index (χ4v) is 1.53. The molecule has 1 aliphatic heterocycles. The van der Waals surface area contributed by atoms with E-state index in [1.807, 2.05) is 19.9 Å². The smallest absolute Gasteiger partial charge is 0.0230 e. The van der Waals surface area contributed by atoms with Crippen LogP contribution in [0.5, 0.6) is 0 Å². The second kappa shape index (κ2) is 7.47. The van der Waals surface area contributed by atoms with Gasteiger partial charge in [0.2, 0.25) is 0 Å². The van der Waals surface area contributed by atoms with E-state index in [1.54, 1.807) is 0 Å². The summed E-state index contributed by atoms with van der Waals surface area (Å²) in [5, 5.41) is 0. The Balaban J connectivity index is 0.000000921. The highest BCUT2D eigenvalue weighted by Gasteiger charge is 2.10. The second-order valence-electron chi connectivity index (χ2n) is 3.89. The molecule has 0 fully saturated rings. The van der Waals surface area contributed by atoms with Crippen LogP contribution in [0.2, 0.25) is 0 Å². The molecule has 0 aromatic heterocycles. The Kier molecular flexibility index (Phi) is 7.06. The number of nitrogens with zero attached hydrogens (tertiary/aromatic N) is 1. The molecule has 0 bridgehead atoms. The molecule has 0 saturated carbocycles. The van der Waals surface area contributed by atoms with Gasteiger partial charge in [-0.2, -0.15) is 0 Å². The first-order valence-electron chi connectivity index (χ1n) is 5.81. The zero-order chi connectivity index (χ0) is 11.8. The normalized spacial score (nSPS) is 18.3. The molecular formula is C14H25N. The lowest BCUT2D eigenvalue weighted by molar-refractivity contribution is 0.351. The molecule has 0 N–H and O–H groups in total. The molecule has 0 atom stereocenters. The molecule has 1 rings (SSSR count). The van der Waals surface area contributed by atoms with Gasteiger partial charge in [-0.1, -0.05) is 43.7 Å². The lowest BCUT2D eigenvalue weighted by Crippen LogP contribution is -2.26. The van der Waals surface area contributed by atoms with Crippen LogP contribution < -0.4 is 0 Å². The Morgan fingerprint density at radius 3 is 2.53 bits per heavy atom. The quantitative estimate of drug-likeness (QED) is 0.623. The van der Waals surface area contributed by atoms with Crippen LogP contribution in [0.1, 0.15) is 34.1 Å². The van der Waals surface area contributed by atoms with Crippen LogP contribution in [0.4, 0.5) is 0 Å². The SMILES string of the molecule is C=C/C(C)=C\C1=C(C)CCN(C)C1.CC. The van der Waals surface area contributed by atoms with Crippen LogP contribution in [0, 0.1) is 0 Å². The third-order valence-electron chi connectivity index (χ3n) is 2.58. The van der Waals surface area contributed by atoms with Crippen LogP contribution in [-0.4, -0.2) is 25.0 Å². The third kappa shape index (κ3) is 4.98. The summed E-state index contributed by atoms with van der Waals surface area (Å²) >= 11 is 0. The highest BCUT2D eigenvalue weighted by atomic mass is 15.1. The van der Waals surface area contributed by atoms with Crippen molar-refractivity contribution in [2.24, 2.45) is 0 Å². The van der Waals surface area contributed by atoms with Crippen molar-refractivity contribution >= 4 is 0 Å². The minimum absolute atomic E-state index is 1.08. The molecule has 0 radical (unpaired) electrons. The molecule has 1 nitrogen and oxygen atoms in total. The summed E-state index contributed by atoms with van der Waals surface area (Å²) in [5.74, 6) is 0. The topological polar surface area (TPSA) is 3.24 Å². The van der Waals surface area contributed by atoms with E-state index in [1.165, 1.54) is 29.7 Å². The Morgan fingerprint density at radius 2 is 2.00 bits per heavy atom. The molecule has 0 amide bonds. The average molecular weight is 207 g/mol. The molecule has 0 unspecified atom stereocenters. The highest BCUT2D eigenvalue weighted by molar-refractivity contribution is 5.33. The van der Waals surface area contributed by atoms with E-state index in [9.17, 15) is 0 Å². The van der Waals surface area contributed by atoms with Gasteiger partial charge in [0.1, 0.15) is 0 Å². The average Bonchev–Trinajstić information content (AvgIpc) is 2.26. The van der Waals surface area contributed by atoms with Crippen molar-refractivity contribution in [2.45, 2.75) is 34.1 Å². The van der Waals surface area contributed by atoms with Crippen molar-refractivity contribution in [3.05, 3.63) is 35.5 Å². The molecule has 1 aliphatic rings. The van der Waals surface area contributed by atoms with Crippen LogP contribution in [0.25, 0.3) is 0 Å². The first-order chi connectivity index (χ1) is 7.13. The van der Waals surface area contributed by atoms with Crippen molar-refractivity contribution in [1.82, 2.24) is 4.90 Å². The Labute approximate surface area is 95.2 Å². The Hall–Kier alpha value is -0.820. The zero-order valence-corrected chi connectivity index (χ0v) is 10.9. The molecular weight excluding hydrogens is 182 g/mol. The first-order valence-corrected chi connectivity index (χ1v) is 5.81. The highest BCUT2D eigenvalue weighted by Crippen LogP contribution is 2.18. The standard InChI is InChI=1S/C12H19N.C2H6/c1-5-10(2)8-12-9-13(4)7-6-11(12)3;1-2/h5,8H,1,6-7,9H2,2-4H3;1-2H3/b10-8-;. The van der Waals surface area contributed by atoms with Crippen molar-refractivity contribution in [3.8, 4) is 0 Å². The van der Waals surface area contributed by atoms with E-state index in [0.717, 1.165) is 6.54 Å². The van der Waals surface area contributed by atoms with Crippen LogP contribution in [0.3, 0.4) is 0 Å². The third-order valence-corrected chi connectivity index (χ3v) is 2.58. The summed E-state index contributed by atoms with van der Waals surface area (Å²) in [4.78, 5) is 2.36. The number of hydrogen-bond donors (Lipinski definition) is 0. The molecule has 0 aliphatic carbocycles. The van der Waals surface area contributed by atoms with Gasteiger partial charge in [0.05, 0.1) is 0 Å². The minimum Gasteiger partial charge on any atom is -0.302 e.